The number of hydrogen-bond acceptors (Lipinski definition) is 5. The Balaban J connectivity index is 0. The van der Waals surface area contributed by atoms with E-state index in [-0.39, 0.29) is 101 Å². The number of nitrogens with zero attached hydrogens (tertiary/aromatic N) is 2. The van der Waals surface area contributed by atoms with Crippen molar-refractivity contribution in [3.8, 4) is 0 Å². The van der Waals surface area contributed by atoms with Crippen LogP contribution >= 0.6 is 30.8 Å². The predicted octanol–water partition coefficient (Wildman–Crippen LogP) is -3.47. The van der Waals surface area contributed by atoms with Crippen molar-refractivity contribution in [3.63, 3.8) is 0 Å². The molecule has 1 aliphatic heterocycles. The van der Waals surface area contributed by atoms with Crippen LogP contribution in [0.5, 0.6) is 0 Å². The molecule has 2 aromatic rings. The molecule has 0 unspecified atom stereocenters. The Kier molecular flexibility index (Phi) is 12.4. The van der Waals surface area contributed by atoms with Crippen molar-refractivity contribution < 1.29 is 85.9 Å². The van der Waals surface area contributed by atoms with E-state index in [0.717, 1.165) is 0 Å². The number of rotatable bonds is 6. The van der Waals surface area contributed by atoms with Gasteiger partial charge in [0.25, 0.3) is 11.8 Å². The van der Waals surface area contributed by atoms with Crippen molar-refractivity contribution in [2.45, 2.75) is 18.9 Å². The van der Waals surface area contributed by atoms with Crippen molar-refractivity contribution in [2.24, 2.45) is 0 Å². The summed E-state index contributed by atoms with van der Waals surface area (Å²) >= 11 is 12.1. The van der Waals surface area contributed by atoms with Crippen LogP contribution in [0.4, 0.5) is 5.69 Å². The number of aromatic nitrogens is 2. The average molecular weight is 524 g/mol. The molecule has 2 heterocycles. The van der Waals surface area contributed by atoms with Gasteiger partial charge in [-0.2, -0.15) is 5.10 Å². The second-order valence-electron chi connectivity index (χ2n) is 6.88. The maximum absolute atomic E-state index is 12.6. The molecule has 2 amide bonds. The number of amides is 2. The zero-order valence-electron chi connectivity index (χ0n) is 19.6. The number of carbonyl (C=O) groups is 2. The van der Waals surface area contributed by atoms with Crippen molar-refractivity contribution in [1.29, 1.82) is 0 Å². The average Bonchev–Trinajstić information content (AvgIpc) is 3.10. The van der Waals surface area contributed by atoms with Crippen LogP contribution in [0, 0.1) is 0 Å². The molecule has 1 aromatic carbocycles. The number of H-pyrrole nitrogens is 1. The van der Waals surface area contributed by atoms with E-state index >= 15 is 0 Å². The number of halogens is 2. The summed E-state index contributed by atoms with van der Waals surface area (Å²) in [6.45, 7) is 0.904. The number of piperidine rings is 1. The molecular weight excluding hydrogens is 502 g/mol. The minimum absolute atomic E-state index is 0. The van der Waals surface area contributed by atoms with Gasteiger partial charge in [0, 0.05) is 19.1 Å². The Hall–Kier alpha value is 0.0600. The van der Waals surface area contributed by atoms with E-state index in [4.69, 9.17) is 33.0 Å². The Morgan fingerprint density at radius 2 is 1.78 bits per heavy atom. The molecule has 1 aromatic heterocycles. The molecule has 10 nitrogen and oxygen atoms in total. The summed E-state index contributed by atoms with van der Waals surface area (Å²) in [5, 5.41) is 12.2. The number of carbonyl (C=O) groups excluding carboxylic acids is 2. The second kappa shape index (κ2) is 13.2. The van der Waals surface area contributed by atoms with Crippen LogP contribution in [-0.4, -0.2) is 62.1 Å². The summed E-state index contributed by atoms with van der Waals surface area (Å²) in [7, 11) is -4.11. The van der Waals surface area contributed by atoms with Gasteiger partial charge in [-0.15, -0.1) is 0 Å². The minimum Gasteiger partial charge on any atom is -1.00 e. The molecule has 166 valence electrons. The maximum atomic E-state index is 12.6. The third-order valence-electron chi connectivity index (χ3n) is 4.61. The molecule has 15 heteroatoms. The molecule has 0 spiro atoms. The number of anilines is 1. The molecule has 0 atom stereocenters. The van der Waals surface area contributed by atoms with Gasteiger partial charge in [0.05, 0.1) is 27.5 Å². The Morgan fingerprint density at radius 1 is 1.19 bits per heavy atom. The number of hydrogen-bond donors (Lipinski definition) is 5. The molecule has 1 aliphatic rings. The fourth-order valence-corrected chi connectivity index (χ4v) is 4.56. The van der Waals surface area contributed by atoms with Gasteiger partial charge in [-0.25, -0.2) is 0 Å². The minimum atomic E-state index is -4.11. The molecule has 1 saturated heterocycles. The van der Waals surface area contributed by atoms with Crippen LogP contribution < -0.4 is 69.7 Å². The zero-order chi connectivity index (χ0) is 21.9. The fraction of sp³-hybridized carbons (Fsp3) is 0.353. The standard InChI is InChI=1S/C17H20Cl2N5O5P.2Na.2H/c18-11-2-1-3-12(19)14(11)16(25)22-13-8-20-23-15(13)17(26)21-10-4-6-24(7-5-10)9-30(27,28)29;;;;/h1-3,8,10H,4-7,9H2,(H,20,23)(H,21,26)(H,22,25)(H2,27,28,29);;;;/q;2*+1;2*-1. The number of benzene rings is 1. The number of nitrogens with one attached hydrogen (secondary N) is 3. The Labute approximate surface area is 241 Å². The number of aromatic amines is 1. The fourth-order valence-electron chi connectivity index (χ4n) is 3.19. The molecule has 0 bridgehead atoms. The monoisotopic (exact) mass is 523 g/mol. The van der Waals surface area contributed by atoms with Gasteiger partial charge >= 0.3 is 66.7 Å². The first-order valence-corrected chi connectivity index (χ1v) is 11.6. The van der Waals surface area contributed by atoms with Gasteiger partial charge in [-0.1, -0.05) is 29.3 Å². The predicted molar refractivity (Wildman–Crippen MR) is 114 cm³/mol. The van der Waals surface area contributed by atoms with E-state index in [1.165, 1.54) is 18.3 Å². The zero-order valence-corrected chi connectivity index (χ0v) is 24.0. The smallest absolute Gasteiger partial charge is 1.00 e. The second-order valence-corrected chi connectivity index (χ2v) is 9.31. The van der Waals surface area contributed by atoms with E-state index < -0.39 is 19.4 Å². The van der Waals surface area contributed by atoms with Crippen LogP contribution in [0.3, 0.4) is 0 Å². The summed E-state index contributed by atoms with van der Waals surface area (Å²) in [6.07, 6.45) is 2.09. The van der Waals surface area contributed by atoms with Gasteiger partial charge < -0.3 is 23.3 Å². The molecule has 0 radical (unpaired) electrons. The number of likely N-dealkylation sites (tertiary alicyclic amines) is 1. The van der Waals surface area contributed by atoms with Gasteiger partial charge in [-0.05, 0) is 25.0 Å². The molecule has 0 saturated carbocycles. The first kappa shape index (κ1) is 30.1. The van der Waals surface area contributed by atoms with Crippen LogP contribution in [0.2, 0.25) is 10.0 Å². The van der Waals surface area contributed by atoms with E-state index in [1.54, 1.807) is 11.0 Å². The van der Waals surface area contributed by atoms with E-state index in [9.17, 15) is 14.2 Å². The van der Waals surface area contributed by atoms with E-state index in [1.807, 2.05) is 0 Å². The SMILES string of the molecule is O=C(NC1CCN(CP(=O)(O)O)CC1)c1[nH]ncc1NC(=O)c1c(Cl)cccc1Cl.[H-].[H-].[Na+].[Na+]. The van der Waals surface area contributed by atoms with Crippen LogP contribution in [-0.2, 0) is 4.57 Å². The van der Waals surface area contributed by atoms with Crippen molar-refractivity contribution >= 4 is 48.3 Å². The normalized spacial score (nSPS) is 14.8. The Morgan fingerprint density at radius 3 is 2.34 bits per heavy atom. The van der Waals surface area contributed by atoms with E-state index in [2.05, 4.69) is 20.8 Å². The third kappa shape index (κ3) is 8.37. The first-order chi connectivity index (χ1) is 14.1. The molecule has 1 fully saturated rings. The molecule has 5 N–H and O–H groups in total. The molecule has 0 aliphatic carbocycles. The van der Waals surface area contributed by atoms with Gasteiger partial charge in [0.15, 0.2) is 0 Å². The van der Waals surface area contributed by atoms with E-state index in [0.29, 0.717) is 25.9 Å². The quantitative estimate of drug-likeness (QED) is 0.195. The van der Waals surface area contributed by atoms with Crippen LogP contribution in [0.15, 0.2) is 24.4 Å². The Bertz CT molecular complexity index is 988. The van der Waals surface area contributed by atoms with Crippen LogP contribution in [0.1, 0.15) is 36.5 Å². The topological polar surface area (TPSA) is 148 Å². The van der Waals surface area contributed by atoms with Crippen molar-refractivity contribution in [3.05, 3.63) is 45.7 Å². The van der Waals surface area contributed by atoms with Crippen molar-refractivity contribution in [2.75, 3.05) is 24.7 Å². The summed E-state index contributed by atoms with van der Waals surface area (Å²) in [5.74, 6) is -1.03. The van der Waals surface area contributed by atoms with Crippen LogP contribution in [0.25, 0.3) is 0 Å². The summed E-state index contributed by atoms with van der Waals surface area (Å²) in [4.78, 5) is 45.0. The third-order valence-corrected chi connectivity index (χ3v) is 6.01. The molecule has 32 heavy (non-hydrogen) atoms. The maximum Gasteiger partial charge on any atom is 1.00 e. The molecular formula is C17H22Cl2N5Na2O5P. The van der Waals surface area contributed by atoms with Gasteiger partial charge in [0.2, 0.25) is 0 Å². The first-order valence-electron chi connectivity index (χ1n) is 9.00. The summed E-state index contributed by atoms with van der Waals surface area (Å²) in [6, 6.07) is 4.51. The summed E-state index contributed by atoms with van der Waals surface area (Å²) < 4.78 is 11.1. The summed E-state index contributed by atoms with van der Waals surface area (Å²) in [5.41, 5.74) is 0.336. The van der Waals surface area contributed by atoms with Gasteiger partial charge in [0.1, 0.15) is 12.0 Å². The van der Waals surface area contributed by atoms with Crippen molar-refractivity contribution in [1.82, 2.24) is 20.4 Å². The molecule has 3 rings (SSSR count). The largest absolute Gasteiger partial charge is 1.00 e. The van der Waals surface area contributed by atoms with Gasteiger partial charge in [-0.3, -0.25) is 24.2 Å².